The molecule has 3 aromatic rings. The molecule has 0 spiro atoms. The third-order valence-corrected chi connectivity index (χ3v) is 5.55. The van der Waals surface area contributed by atoms with Crippen LogP contribution in [0.2, 0.25) is 0 Å². The maximum absolute atomic E-state index is 10.5. The minimum atomic E-state index is -0.294. The van der Waals surface area contributed by atoms with Crippen LogP contribution in [-0.2, 0) is 7.05 Å². The zero-order valence-electron chi connectivity index (χ0n) is 12.6. The molecule has 2 heterocycles. The Morgan fingerprint density at radius 3 is 2.87 bits per heavy atom. The number of rotatable bonds is 4. The van der Waals surface area contributed by atoms with Gasteiger partial charge in [0.05, 0.1) is 15.5 Å². The molecule has 0 radical (unpaired) electrons. The fourth-order valence-electron chi connectivity index (χ4n) is 2.08. The van der Waals surface area contributed by atoms with Gasteiger partial charge in [-0.2, -0.15) is 5.26 Å². The molecule has 1 atom stereocenters. The van der Waals surface area contributed by atoms with Gasteiger partial charge in [-0.25, -0.2) is 9.97 Å². The first kappa shape index (κ1) is 15.6. The summed E-state index contributed by atoms with van der Waals surface area (Å²) in [6.07, 6.45) is 3.54. The van der Waals surface area contributed by atoms with E-state index >= 15 is 0 Å². The maximum atomic E-state index is 10.5. The Balaban J connectivity index is 1.95. The molecule has 1 aromatic carbocycles. The van der Waals surface area contributed by atoms with Crippen LogP contribution < -0.4 is 0 Å². The molecule has 2 aromatic heterocycles. The Morgan fingerprint density at radius 2 is 2.22 bits per heavy atom. The molecule has 3 rings (SSSR count). The van der Waals surface area contributed by atoms with Gasteiger partial charge in [-0.05, 0) is 19.1 Å². The smallest absolute Gasteiger partial charge is 0.168 e. The van der Waals surface area contributed by atoms with Crippen LogP contribution in [-0.4, -0.2) is 24.9 Å². The number of imidazole rings is 1. The Kier molecular flexibility index (Phi) is 4.37. The van der Waals surface area contributed by atoms with Gasteiger partial charge in [0.2, 0.25) is 0 Å². The number of nitriles is 1. The minimum absolute atomic E-state index is 0.0274. The number of aromatic nitrogens is 3. The van der Waals surface area contributed by atoms with Crippen LogP contribution in [0.15, 0.2) is 47.6 Å². The van der Waals surface area contributed by atoms with Crippen LogP contribution in [0.25, 0.3) is 15.8 Å². The number of allylic oxidation sites excluding steroid dienone is 1. The molecule has 0 fully saturated rings. The van der Waals surface area contributed by atoms with E-state index in [9.17, 15) is 10.4 Å². The van der Waals surface area contributed by atoms with Crippen molar-refractivity contribution in [2.45, 2.75) is 17.3 Å². The molecule has 23 heavy (non-hydrogen) atoms. The molecule has 0 aliphatic carbocycles. The quantitative estimate of drug-likeness (QED) is 0.440. The van der Waals surface area contributed by atoms with Gasteiger partial charge in [-0.1, -0.05) is 23.9 Å². The van der Waals surface area contributed by atoms with Crippen molar-refractivity contribution in [1.82, 2.24) is 14.5 Å². The van der Waals surface area contributed by atoms with Crippen molar-refractivity contribution >= 4 is 38.9 Å². The van der Waals surface area contributed by atoms with Gasteiger partial charge in [0.1, 0.15) is 22.4 Å². The number of para-hydroxylation sites is 1. The lowest BCUT2D eigenvalue weighted by Crippen LogP contribution is -2.05. The SMILES string of the molecule is CC(Sc1nccn1C)/C(O)=C(\C#N)c1nc2ccccc2s1. The Bertz CT molecular complexity index is 886. The number of benzene rings is 1. The summed E-state index contributed by atoms with van der Waals surface area (Å²) in [6.45, 7) is 1.85. The number of aryl methyl sites for hydroxylation is 1. The van der Waals surface area contributed by atoms with Crippen LogP contribution in [0.1, 0.15) is 11.9 Å². The highest BCUT2D eigenvalue weighted by molar-refractivity contribution is 7.99. The fraction of sp³-hybridized carbons (Fsp3) is 0.188. The maximum Gasteiger partial charge on any atom is 0.168 e. The van der Waals surface area contributed by atoms with Gasteiger partial charge in [0, 0.05) is 19.4 Å². The lowest BCUT2D eigenvalue weighted by atomic mass is 10.2. The predicted molar refractivity (Wildman–Crippen MR) is 93.3 cm³/mol. The Hall–Kier alpha value is -2.30. The summed E-state index contributed by atoms with van der Waals surface area (Å²) in [5, 5.41) is 21.0. The van der Waals surface area contributed by atoms with Crippen molar-refractivity contribution in [3.05, 3.63) is 47.4 Å². The number of hydrogen-bond acceptors (Lipinski definition) is 6. The fourth-order valence-corrected chi connectivity index (χ4v) is 3.94. The van der Waals surface area contributed by atoms with Crippen LogP contribution in [0.4, 0.5) is 0 Å². The zero-order chi connectivity index (χ0) is 16.4. The third kappa shape index (κ3) is 3.09. The van der Waals surface area contributed by atoms with Crippen molar-refractivity contribution in [2.75, 3.05) is 0 Å². The van der Waals surface area contributed by atoms with Crippen molar-refractivity contribution in [3.63, 3.8) is 0 Å². The van der Waals surface area contributed by atoms with Gasteiger partial charge in [0.15, 0.2) is 5.16 Å². The van der Waals surface area contributed by atoms with E-state index in [4.69, 9.17) is 0 Å². The standard InChI is InChI=1S/C16H14N4OS2/c1-10(22-16-18-7-8-20(16)2)14(21)11(9-17)15-19-12-5-3-4-6-13(12)23-15/h3-8,10,21H,1-2H3/b14-11-. The first-order valence-corrected chi connectivity index (χ1v) is 8.63. The first-order chi connectivity index (χ1) is 11.1. The Morgan fingerprint density at radius 1 is 1.43 bits per heavy atom. The van der Waals surface area contributed by atoms with E-state index in [0.29, 0.717) is 5.01 Å². The second-order valence-corrected chi connectivity index (χ2v) is 7.28. The van der Waals surface area contributed by atoms with Gasteiger partial charge >= 0.3 is 0 Å². The van der Waals surface area contributed by atoms with Crippen molar-refractivity contribution < 1.29 is 5.11 Å². The van der Waals surface area contributed by atoms with E-state index < -0.39 is 0 Å². The highest BCUT2D eigenvalue weighted by atomic mass is 32.2. The number of aliphatic hydroxyl groups excluding tert-OH is 1. The number of thioether (sulfide) groups is 1. The molecule has 1 N–H and O–H groups in total. The monoisotopic (exact) mass is 342 g/mol. The number of hydrogen-bond donors (Lipinski definition) is 1. The number of fused-ring (bicyclic) bond motifs is 1. The number of thiazole rings is 1. The van der Waals surface area contributed by atoms with Crippen molar-refractivity contribution in [2.24, 2.45) is 7.05 Å². The first-order valence-electron chi connectivity index (χ1n) is 6.93. The van der Waals surface area contributed by atoms with Crippen LogP contribution in [0.3, 0.4) is 0 Å². The van der Waals surface area contributed by atoms with Gasteiger partial charge < -0.3 is 9.67 Å². The predicted octanol–water partition coefficient (Wildman–Crippen LogP) is 4.00. The molecule has 0 saturated heterocycles. The van der Waals surface area contributed by atoms with Gasteiger partial charge in [0.25, 0.3) is 0 Å². The lowest BCUT2D eigenvalue weighted by molar-refractivity contribution is 0.402. The molecule has 0 amide bonds. The number of nitrogens with zero attached hydrogens (tertiary/aromatic N) is 4. The second-order valence-electron chi connectivity index (χ2n) is 4.94. The summed E-state index contributed by atoms with van der Waals surface area (Å²) in [6, 6.07) is 9.77. The Labute approximate surface area is 141 Å². The summed E-state index contributed by atoms with van der Waals surface area (Å²) < 4.78 is 2.87. The van der Waals surface area contributed by atoms with Crippen LogP contribution in [0, 0.1) is 11.3 Å². The second kappa shape index (κ2) is 6.44. The molecule has 116 valence electrons. The van der Waals surface area contributed by atoms with E-state index in [1.807, 2.05) is 49.0 Å². The average Bonchev–Trinajstić information content (AvgIpc) is 3.14. The minimum Gasteiger partial charge on any atom is -0.510 e. The molecule has 7 heteroatoms. The van der Waals surface area contributed by atoms with Gasteiger partial charge in [-0.3, -0.25) is 0 Å². The molecule has 0 bridgehead atoms. The third-order valence-electron chi connectivity index (χ3n) is 3.32. The molecule has 1 unspecified atom stereocenters. The van der Waals surface area contributed by atoms with Crippen molar-refractivity contribution in [3.8, 4) is 6.07 Å². The van der Waals surface area contributed by atoms with Gasteiger partial charge in [-0.15, -0.1) is 11.3 Å². The molecule has 5 nitrogen and oxygen atoms in total. The molecular weight excluding hydrogens is 328 g/mol. The van der Waals surface area contributed by atoms with Crippen molar-refractivity contribution in [1.29, 1.82) is 5.26 Å². The summed E-state index contributed by atoms with van der Waals surface area (Å²) in [5.74, 6) is 0.0274. The van der Waals surface area contributed by atoms with E-state index in [2.05, 4.69) is 16.0 Å². The largest absolute Gasteiger partial charge is 0.510 e. The van der Waals surface area contributed by atoms with E-state index in [0.717, 1.165) is 15.4 Å². The van der Waals surface area contributed by atoms with E-state index in [-0.39, 0.29) is 16.6 Å². The number of aliphatic hydroxyl groups is 1. The highest BCUT2D eigenvalue weighted by Gasteiger charge is 2.20. The summed E-state index contributed by atoms with van der Waals surface area (Å²) in [5.41, 5.74) is 1.05. The average molecular weight is 342 g/mol. The highest BCUT2D eigenvalue weighted by Crippen LogP contribution is 2.32. The lowest BCUT2D eigenvalue weighted by Gasteiger charge is -2.11. The van der Waals surface area contributed by atoms with E-state index in [1.54, 1.807) is 6.20 Å². The zero-order valence-corrected chi connectivity index (χ0v) is 14.2. The molecular formula is C16H14N4OS2. The molecule has 0 aliphatic heterocycles. The summed E-state index contributed by atoms with van der Waals surface area (Å²) in [4.78, 5) is 8.68. The van der Waals surface area contributed by atoms with E-state index in [1.165, 1.54) is 23.1 Å². The van der Waals surface area contributed by atoms with Crippen LogP contribution >= 0.6 is 23.1 Å². The summed E-state index contributed by atoms with van der Waals surface area (Å²) >= 11 is 2.81. The van der Waals surface area contributed by atoms with Crippen LogP contribution in [0.5, 0.6) is 0 Å². The molecule has 0 saturated carbocycles. The normalized spacial score (nSPS) is 13.6. The summed E-state index contributed by atoms with van der Waals surface area (Å²) in [7, 11) is 1.89. The molecule has 0 aliphatic rings. The topological polar surface area (TPSA) is 74.7 Å².